The number of amides is 1. The molecule has 1 amide bonds. The van der Waals surface area contributed by atoms with Crippen molar-refractivity contribution in [2.24, 2.45) is 4.99 Å². The van der Waals surface area contributed by atoms with Gasteiger partial charge in [-0.1, -0.05) is 157 Å². The molecule has 11 aromatic carbocycles. The molecule has 0 saturated heterocycles. The van der Waals surface area contributed by atoms with Gasteiger partial charge >= 0.3 is 12.1 Å². The number of thiazole rings is 1. The number of ether oxygens (including phenoxy) is 5. The predicted molar refractivity (Wildman–Crippen MR) is 510 cm³/mol. The molecule has 0 unspecified atom stereocenters. The van der Waals surface area contributed by atoms with E-state index in [9.17, 15) is 40.7 Å². The zero-order valence-electron chi connectivity index (χ0n) is 73.6. The highest BCUT2D eigenvalue weighted by atomic mass is 35.5. The summed E-state index contributed by atoms with van der Waals surface area (Å²) in [7, 11) is -0.464. The maximum absolute atomic E-state index is 14.0. The summed E-state index contributed by atoms with van der Waals surface area (Å²) in [5, 5.41) is 27.1. The number of hydrogen-bond acceptors (Lipinski definition) is 19. The van der Waals surface area contributed by atoms with Crippen LogP contribution in [0.1, 0.15) is 108 Å². The predicted octanol–water partition coefficient (Wildman–Crippen LogP) is 23.5. The number of esters is 1. The van der Waals surface area contributed by atoms with Gasteiger partial charge in [-0.3, -0.25) is 24.2 Å². The van der Waals surface area contributed by atoms with E-state index in [4.69, 9.17) is 39.7 Å². The molecular formula is C104H101ClF4N8O11S3. The van der Waals surface area contributed by atoms with Gasteiger partial charge in [0, 0.05) is 120 Å². The van der Waals surface area contributed by atoms with Crippen LogP contribution >= 0.6 is 34.3 Å². The normalized spacial score (nSPS) is 12.6. The Labute approximate surface area is 773 Å². The number of aromatic hydroxyl groups is 1. The van der Waals surface area contributed by atoms with Crippen molar-refractivity contribution in [3.63, 3.8) is 0 Å². The largest absolute Gasteiger partial charge is 0.508 e. The number of methoxy groups -OCH3 is 2. The number of aliphatic imine (C=N–C) groups is 1. The lowest BCUT2D eigenvalue weighted by atomic mass is 9.98. The standard InChI is InChI=1S/C24H26ClFO3S.C22H18N2O4S2.C20H17N3O.C20H22N2O2.C18H18F3NO/c1-16-11-12-30-24(16)10-5-4-7-18-22(27-2)13-17(14-23(18)28-3)29-15-19-20(25)8-6-9-21(19)26;1-15-4-2-6-19-18(15)5-3-7-20(19)28-21(25)14-16-8-10-17(11-9-16)30(26,27)24-22-23-12-13-29-22;1-3-7-16(8-4-1)15-23-13-11-18(12-14-23)20-22-21-19(24-20)17-9-5-2-6-10-17;1-14-7-8-18(11-15(14)2)24-13-20(23)21-10-9-17-12-16-5-3-4-6-19(16)22-17;1-12-6-13(8-16(7-12)18(19,20)21)10-22-5-4-14-9-17(23)3-2-15(14)11-22/h6,8-9,11-14H,4-5,7,10,15H2,1-3H3;2-13H,14H2,1H3,(H,23,24);1-13H,14-15H2;3-8,11H,9-10,12-13H2,1-2H3,(H,21,23);2-3,6-9,23H,4-5,10-11H2,1H3. The van der Waals surface area contributed by atoms with E-state index < -0.39 is 27.7 Å². The smallest absolute Gasteiger partial charge is 0.416 e. The average Bonchev–Trinajstić information content (AvgIpc) is 1.12. The van der Waals surface area contributed by atoms with E-state index in [2.05, 4.69) is 108 Å². The molecule has 0 atom stereocenters. The number of carbonyl (C=O) groups excluding carboxylic acids is 2. The number of para-hydroxylation sites is 1. The minimum absolute atomic E-state index is 0.0251. The van der Waals surface area contributed by atoms with E-state index in [1.807, 2.05) is 159 Å². The first-order valence-electron chi connectivity index (χ1n) is 42.7. The van der Waals surface area contributed by atoms with E-state index >= 15 is 0 Å². The fourth-order valence-electron chi connectivity index (χ4n) is 14.9. The zero-order chi connectivity index (χ0) is 92.4. The van der Waals surface area contributed by atoms with Crippen LogP contribution in [0.5, 0.6) is 34.5 Å². The highest BCUT2D eigenvalue weighted by molar-refractivity contribution is 7.93. The molecule has 3 N–H and O–H groups in total. The maximum Gasteiger partial charge on any atom is 0.416 e. The third-order valence-electron chi connectivity index (χ3n) is 22.0. The first-order chi connectivity index (χ1) is 63.3. The SMILES string of the molecule is C1=CN(Cc2ccccc2)CC=C1c1nnc(-c2ccccc2)o1.COc1cc(OCc2c(F)cccc2Cl)cc(OC)c1CCCCc1sccc1C.Cc1cc(CN2CCc3cc(O)ccc3C2)cc(C(F)(F)F)c1.Cc1ccc(OCC(=O)NCCC2=Nc3ccccc3C2)cc1C.Cc1cccc2c(OC(=O)Cc3ccc(S(=O)(=O)Nc4nccs4)cc3)cccc12. The number of hydrogen-bond donors (Lipinski definition) is 3. The van der Waals surface area contributed by atoms with Crippen molar-refractivity contribution in [3.8, 4) is 46.0 Å². The third kappa shape index (κ3) is 27.4. The van der Waals surface area contributed by atoms with Crippen molar-refractivity contribution < 1.29 is 68.8 Å². The number of nitrogens with zero attached hydrogens (tertiary/aromatic N) is 6. The summed E-state index contributed by atoms with van der Waals surface area (Å²) < 4.78 is 114. The maximum atomic E-state index is 14.0. The van der Waals surface area contributed by atoms with Crippen molar-refractivity contribution in [2.75, 3.05) is 45.2 Å². The molecule has 0 radical (unpaired) electrons. The summed E-state index contributed by atoms with van der Waals surface area (Å²) in [5.74, 6) is 3.64. The van der Waals surface area contributed by atoms with Gasteiger partial charge in [0.25, 0.3) is 15.9 Å². The summed E-state index contributed by atoms with van der Waals surface area (Å²) in [6.07, 6.45) is 9.94. The number of fused-ring (bicyclic) bond motifs is 3. The third-order valence-corrected chi connectivity index (χ3v) is 25.6. The molecule has 0 spiro atoms. The van der Waals surface area contributed by atoms with Gasteiger partial charge in [0.2, 0.25) is 11.8 Å². The molecular weight excluding hydrogens is 1740 g/mol. The fraction of sp³-hybridized carbons (Fsp3) is 0.231. The van der Waals surface area contributed by atoms with Crippen LogP contribution < -0.4 is 33.7 Å². The van der Waals surface area contributed by atoms with E-state index in [1.165, 1.54) is 75.0 Å². The molecule has 19 nitrogen and oxygen atoms in total. The van der Waals surface area contributed by atoms with Crippen LogP contribution in [0.25, 0.3) is 27.8 Å². The van der Waals surface area contributed by atoms with Crippen LogP contribution in [-0.2, 0) is 84.1 Å². The number of aryl methyl sites for hydroxylation is 6. The number of phenolic OH excluding ortho intramolecular Hbond substituents is 1. The van der Waals surface area contributed by atoms with E-state index in [0.29, 0.717) is 86.8 Å². The quantitative estimate of drug-likeness (QED) is 0.0179. The lowest BCUT2D eigenvalue weighted by Crippen LogP contribution is -2.30. The molecule has 676 valence electrons. The Kier molecular flexibility index (Phi) is 33.4. The number of carbonyl (C=O) groups is 2. The number of aromatic nitrogens is 3. The number of halogens is 5. The highest BCUT2D eigenvalue weighted by Gasteiger charge is 2.32. The number of thiophene rings is 1. The van der Waals surface area contributed by atoms with E-state index in [0.717, 1.165) is 131 Å². The van der Waals surface area contributed by atoms with Crippen molar-refractivity contribution in [1.82, 2.24) is 30.3 Å². The van der Waals surface area contributed by atoms with Crippen molar-refractivity contribution >= 4 is 89.1 Å². The van der Waals surface area contributed by atoms with Gasteiger partial charge in [-0.25, -0.2) is 17.8 Å². The molecule has 3 aliphatic heterocycles. The van der Waals surface area contributed by atoms with Gasteiger partial charge in [0.15, 0.2) is 11.7 Å². The number of phenols is 1. The molecule has 14 aromatic rings. The Bertz CT molecular complexity index is 6410. The van der Waals surface area contributed by atoms with Crippen LogP contribution in [0.4, 0.5) is 28.4 Å². The number of rotatable bonds is 28. The highest BCUT2D eigenvalue weighted by Crippen LogP contribution is 2.39. The second kappa shape index (κ2) is 45.8. The number of anilines is 1. The molecule has 0 saturated carbocycles. The monoisotopic (exact) mass is 1840 g/mol. The molecule has 131 heavy (non-hydrogen) atoms. The summed E-state index contributed by atoms with van der Waals surface area (Å²) in [5.41, 5.74) is 16.4. The molecule has 17 rings (SSSR count). The fourth-order valence-corrected chi connectivity index (χ4v) is 17.9. The molecule has 0 fully saturated rings. The Morgan fingerprint density at radius 3 is 2.07 bits per heavy atom. The first-order valence-corrected chi connectivity index (χ1v) is 46.3. The molecule has 0 bridgehead atoms. The van der Waals surface area contributed by atoms with Crippen LogP contribution in [-0.4, -0.2) is 96.6 Å². The van der Waals surface area contributed by atoms with Crippen LogP contribution in [0.3, 0.4) is 0 Å². The Balaban J connectivity index is 0.000000140. The summed E-state index contributed by atoms with van der Waals surface area (Å²) in [6, 6.07) is 71.7. The Morgan fingerprint density at radius 1 is 0.626 bits per heavy atom. The van der Waals surface area contributed by atoms with Crippen molar-refractivity contribution in [3.05, 3.63) is 371 Å². The zero-order valence-corrected chi connectivity index (χ0v) is 76.8. The topological polar surface area (TPSA) is 229 Å². The first kappa shape index (κ1) is 95.3. The van der Waals surface area contributed by atoms with Gasteiger partial charge in [-0.2, -0.15) is 13.2 Å². The summed E-state index contributed by atoms with van der Waals surface area (Å²) in [4.78, 5) is 38.8. The average molecular weight is 1850 g/mol. The van der Waals surface area contributed by atoms with Crippen molar-refractivity contribution in [1.29, 1.82) is 0 Å². The van der Waals surface area contributed by atoms with Crippen LogP contribution in [0, 0.1) is 40.4 Å². The minimum atomic E-state index is -4.31. The Hall–Kier alpha value is -13.2. The second-order valence-corrected chi connectivity index (χ2v) is 35.6. The molecule has 3 aliphatic rings. The molecule has 6 heterocycles. The number of nitrogens with one attached hydrogen (secondary N) is 2. The van der Waals surface area contributed by atoms with Crippen molar-refractivity contribution in [2.45, 2.75) is 123 Å². The number of sulfonamides is 1. The Morgan fingerprint density at radius 2 is 1.36 bits per heavy atom. The van der Waals surface area contributed by atoms with Crippen LogP contribution in [0.2, 0.25) is 5.02 Å². The molecule has 3 aromatic heterocycles. The van der Waals surface area contributed by atoms with Gasteiger partial charge in [0.1, 0.15) is 46.9 Å². The number of benzene rings is 11. The van der Waals surface area contributed by atoms with E-state index in [1.54, 1.807) is 69.0 Å². The molecule has 27 heteroatoms. The number of alkyl halides is 3. The summed E-state index contributed by atoms with van der Waals surface area (Å²) in [6.45, 7) is 14.2. The van der Waals surface area contributed by atoms with Gasteiger partial charge in [-0.05, 0) is 230 Å². The lowest BCUT2D eigenvalue weighted by molar-refractivity contribution is -0.137. The van der Waals surface area contributed by atoms with E-state index in [-0.39, 0.29) is 42.0 Å². The van der Waals surface area contributed by atoms with Gasteiger partial charge in [0.05, 0.1) is 41.8 Å². The lowest BCUT2D eigenvalue weighted by Gasteiger charge is -2.29. The minimum Gasteiger partial charge on any atom is -0.508 e. The number of unbranched alkanes of at least 4 members (excludes halogenated alkanes) is 1. The number of allylic oxidation sites excluding steroid dienone is 2. The second-order valence-electron chi connectivity index (χ2n) is 31.6. The van der Waals surface area contributed by atoms with Crippen LogP contribution in [0.15, 0.2) is 286 Å². The van der Waals surface area contributed by atoms with Gasteiger partial charge in [-0.15, -0.1) is 32.9 Å². The summed E-state index contributed by atoms with van der Waals surface area (Å²) >= 11 is 9.10. The molecule has 0 aliphatic carbocycles. The van der Waals surface area contributed by atoms with Gasteiger partial charge < -0.3 is 43.4 Å².